The molecule has 0 heterocycles. The molecule has 1 atom stereocenters. The highest BCUT2D eigenvalue weighted by Crippen LogP contribution is 2.05. The molecule has 1 rings (SSSR count). The molecule has 0 spiro atoms. The van der Waals surface area contributed by atoms with Crippen molar-refractivity contribution in [3.8, 4) is 0 Å². The Hall–Kier alpha value is -1.12. The van der Waals surface area contributed by atoms with Crippen molar-refractivity contribution in [2.24, 2.45) is 5.73 Å². The summed E-state index contributed by atoms with van der Waals surface area (Å²) in [6.45, 7) is 5.66. The molecule has 2 nitrogen and oxygen atoms in total. The summed E-state index contributed by atoms with van der Waals surface area (Å²) >= 11 is 0. The van der Waals surface area contributed by atoms with E-state index in [1.54, 1.807) is 0 Å². The predicted molar refractivity (Wildman–Crippen MR) is 77.4 cm³/mol. The van der Waals surface area contributed by atoms with Crippen LogP contribution < -0.4 is 5.73 Å². The van der Waals surface area contributed by atoms with Gasteiger partial charge in [0.1, 0.15) is 0 Å². The minimum atomic E-state index is 0.247. The highest BCUT2D eigenvalue weighted by Gasteiger charge is 2.01. The average molecular weight is 247 g/mol. The molecule has 0 amide bonds. The molecule has 1 aromatic rings. The third-order valence-electron chi connectivity index (χ3n) is 2.83. The van der Waals surface area contributed by atoms with E-state index in [2.05, 4.69) is 32.1 Å². The number of hydrogen-bond donors (Lipinski definition) is 1. The Balaban J connectivity index is 2.05. The summed E-state index contributed by atoms with van der Waals surface area (Å²) in [7, 11) is 0. The molecule has 0 unspecified atom stereocenters. The van der Waals surface area contributed by atoms with Gasteiger partial charge < -0.3 is 10.5 Å². The van der Waals surface area contributed by atoms with Gasteiger partial charge in [0.25, 0.3) is 0 Å². The number of ether oxygens (including phenoxy) is 1. The lowest BCUT2D eigenvalue weighted by molar-refractivity contribution is 0.113. The quantitative estimate of drug-likeness (QED) is 0.562. The maximum absolute atomic E-state index is 6.03. The zero-order valence-electron chi connectivity index (χ0n) is 11.6. The van der Waals surface area contributed by atoms with Gasteiger partial charge >= 0.3 is 0 Å². The van der Waals surface area contributed by atoms with Crippen LogP contribution in [0.25, 0.3) is 0 Å². The highest BCUT2D eigenvalue weighted by molar-refractivity contribution is 5.13. The van der Waals surface area contributed by atoms with Gasteiger partial charge in [-0.1, -0.05) is 42.0 Å². The standard InChI is InChI=1S/C16H25NO/c1-14(2)7-6-10-16(17)11-12-18-13-15-8-4-3-5-9-15/h3-5,7-9,16H,6,10-13,17H2,1-2H3/t16-/m0/s1. The zero-order valence-corrected chi connectivity index (χ0v) is 11.6. The van der Waals surface area contributed by atoms with Gasteiger partial charge in [0.15, 0.2) is 0 Å². The van der Waals surface area contributed by atoms with Crippen molar-refractivity contribution < 1.29 is 4.74 Å². The van der Waals surface area contributed by atoms with Crippen molar-refractivity contribution in [1.82, 2.24) is 0 Å². The summed E-state index contributed by atoms with van der Waals surface area (Å²) in [4.78, 5) is 0. The molecule has 0 aliphatic heterocycles. The van der Waals surface area contributed by atoms with Gasteiger partial charge in [0.2, 0.25) is 0 Å². The van der Waals surface area contributed by atoms with Crippen molar-refractivity contribution >= 4 is 0 Å². The van der Waals surface area contributed by atoms with Crippen LogP contribution in [0, 0.1) is 0 Å². The van der Waals surface area contributed by atoms with E-state index >= 15 is 0 Å². The van der Waals surface area contributed by atoms with Gasteiger partial charge in [0, 0.05) is 12.6 Å². The lowest BCUT2D eigenvalue weighted by atomic mass is 10.1. The molecule has 2 N–H and O–H groups in total. The Kier molecular flexibility index (Phi) is 7.38. The molecule has 0 radical (unpaired) electrons. The Morgan fingerprint density at radius 3 is 2.61 bits per heavy atom. The zero-order chi connectivity index (χ0) is 13.2. The van der Waals surface area contributed by atoms with E-state index in [4.69, 9.17) is 10.5 Å². The number of hydrogen-bond acceptors (Lipinski definition) is 2. The summed E-state index contributed by atoms with van der Waals surface area (Å²) in [5, 5.41) is 0. The smallest absolute Gasteiger partial charge is 0.0716 e. The summed E-state index contributed by atoms with van der Waals surface area (Å²) in [6.07, 6.45) is 5.29. The molecule has 0 bridgehead atoms. The van der Waals surface area contributed by atoms with Gasteiger partial charge in [-0.3, -0.25) is 0 Å². The monoisotopic (exact) mass is 247 g/mol. The molecule has 0 saturated carbocycles. The van der Waals surface area contributed by atoms with Crippen LogP contribution in [0.15, 0.2) is 42.0 Å². The number of benzene rings is 1. The van der Waals surface area contributed by atoms with Crippen molar-refractivity contribution in [3.63, 3.8) is 0 Å². The molecular formula is C16H25NO. The second-order valence-corrected chi connectivity index (χ2v) is 4.95. The van der Waals surface area contributed by atoms with Gasteiger partial charge in [-0.05, 0) is 38.7 Å². The first-order valence-electron chi connectivity index (χ1n) is 6.69. The van der Waals surface area contributed by atoms with E-state index in [1.165, 1.54) is 11.1 Å². The van der Waals surface area contributed by atoms with Crippen LogP contribution in [-0.2, 0) is 11.3 Å². The topological polar surface area (TPSA) is 35.2 Å². The SMILES string of the molecule is CC(C)=CCC[C@H](N)CCOCc1ccccc1. The maximum atomic E-state index is 6.03. The van der Waals surface area contributed by atoms with Gasteiger partial charge in [-0.25, -0.2) is 0 Å². The fourth-order valence-corrected chi connectivity index (χ4v) is 1.73. The van der Waals surface area contributed by atoms with Crippen LogP contribution in [0.5, 0.6) is 0 Å². The number of nitrogens with two attached hydrogens (primary N) is 1. The van der Waals surface area contributed by atoms with Gasteiger partial charge in [-0.2, -0.15) is 0 Å². The first-order chi connectivity index (χ1) is 8.68. The van der Waals surface area contributed by atoms with E-state index in [9.17, 15) is 0 Å². The Labute approximate surface area is 111 Å². The van der Waals surface area contributed by atoms with Crippen molar-refractivity contribution in [2.75, 3.05) is 6.61 Å². The third kappa shape index (κ3) is 7.25. The Bertz CT molecular complexity index is 341. The third-order valence-corrected chi connectivity index (χ3v) is 2.83. The minimum absolute atomic E-state index is 0.247. The molecule has 0 aliphatic carbocycles. The molecule has 2 heteroatoms. The fourth-order valence-electron chi connectivity index (χ4n) is 1.73. The van der Waals surface area contributed by atoms with Crippen LogP contribution in [0.4, 0.5) is 0 Å². The van der Waals surface area contributed by atoms with Crippen molar-refractivity contribution in [1.29, 1.82) is 0 Å². The van der Waals surface area contributed by atoms with Crippen LogP contribution in [0.3, 0.4) is 0 Å². The van der Waals surface area contributed by atoms with Gasteiger partial charge in [0.05, 0.1) is 6.61 Å². The highest BCUT2D eigenvalue weighted by atomic mass is 16.5. The normalized spacial score (nSPS) is 12.2. The Morgan fingerprint density at radius 2 is 1.94 bits per heavy atom. The Morgan fingerprint density at radius 1 is 1.22 bits per heavy atom. The predicted octanol–water partition coefficient (Wildman–Crippen LogP) is 3.67. The van der Waals surface area contributed by atoms with Gasteiger partial charge in [-0.15, -0.1) is 0 Å². The van der Waals surface area contributed by atoms with Crippen LogP contribution in [0.2, 0.25) is 0 Å². The lowest BCUT2D eigenvalue weighted by Gasteiger charge is -2.10. The molecule has 0 aromatic heterocycles. The summed E-state index contributed by atoms with van der Waals surface area (Å²) < 4.78 is 5.62. The molecule has 1 aromatic carbocycles. The first-order valence-corrected chi connectivity index (χ1v) is 6.69. The van der Waals surface area contributed by atoms with Crippen molar-refractivity contribution in [2.45, 2.75) is 45.8 Å². The largest absolute Gasteiger partial charge is 0.377 e. The molecule has 18 heavy (non-hydrogen) atoms. The van der Waals surface area contributed by atoms with E-state index in [1.807, 2.05) is 18.2 Å². The van der Waals surface area contributed by atoms with Crippen LogP contribution in [0.1, 0.15) is 38.7 Å². The summed E-state index contributed by atoms with van der Waals surface area (Å²) in [5.74, 6) is 0. The lowest BCUT2D eigenvalue weighted by Crippen LogP contribution is -2.21. The van der Waals surface area contributed by atoms with Crippen LogP contribution >= 0.6 is 0 Å². The van der Waals surface area contributed by atoms with Crippen molar-refractivity contribution in [3.05, 3.63) is 47.5 Å². The fraction of sp³-hybridized carbons (Fsp3) is 0.500. The average Bonchev–Trinajstić information content (AvgIpc) is 2.35. The second kappa shape index (κ2) is 8.90. The van der Waals surface area contributed by atoms with Crippen LogP contribution in [-0.4, -0.2) is 12.6 Å². The minimum Gasteiger partial charge on any atom is -0.377 e. The molecular weight excluding hydrogens is 222 g/mol. The second-order valence-electron chi connectivity index (χ2n) is 4.95. The number of allylic oxidation sites excluding steroid dienone is 2. The molecule has 0 saturated heterocycles. The number of rotatable bonds is 8. The molecule has 100 valence electrons. The summed E-state index contributed by atoms with van der Waals surface area (Å²) in [5.41, 5.74) is 8.61. The van der Waals surface area contributed by atoms with E-state index in [0.29, 0.717) is 6.61 Å². The van der Waals surface area contributed by atoms with E-state index in [0.717, 1.165) is 25.9 Å². The van der Waals surface area contributed by atoms with E-state index < -0.39 is 0 Å². The maximum Gasteiger partial charge on any atom is 0.0716 e. The van der Waals surface area contributed by atoms with E-state index in [-0.39, 0.29) is 6.04 Å². The first kappa shape index (κ1) is 14.9. The molecule has 0 aliphatic rings. The molecule has 0 fully saturated rings. The summed E-state index contributed by atoms with van der Waals surface area (Å²) in [6, 6.07) is 10.5.